The van der Waals surface area contributed by atoms with E-state index in [0.29, 0.717) is 6.04 Å². The molecule has 0 amide bonds. The van der Waals surface area contributed by atoms with Crippen LogP contribution in [0.5, 0.6) is 0 Å². The molecule has 1 atom stereocenters. The summed E-state index contributed by atoms with van der Waals surface area (Å²) in [6.07, 6.45) is 0.445. The van der Waals surface area contributed by atoms with Gasteiger partial charge in [-0.05, 0) is 25.6 Å². The zero-order valence-electron chi connectivity index (χ0n) is 11.5. The largest absolute Gasteiger partial charge is 1.00 e. The van der Waals surface area contributed by atoms with Crippen LogP contribution in [0.25, 0.3) is 0 Å². The first-order chi connectivity index (χ1) is 7.46. The Labute approximate surface area is 123 Å². The van der Waals surface area contributed by atoms with Gasteiger partial charge in [0.05, 0.1) is 0 Å². The van der Waals surface area contributed by atoms with Crippen molar-refractivity contribution in [1.82, 2.24) is 0 Å². The molecule has 0 aromatic heterocycles. The second-order valence-electron chi connectivity index (χ2n) is 4.42. The Balaban J connectivity index is 0. The smallest absolute Gasteiger partial charge is 0.747 e. The Kier molecular flexibility index (Phi) is 8.64. The van der Waals surface area contributed by atoms with Crippen LogP contribution in [0, 0.1) is 0 Å². The molecule has 0 spiro atoms. The minimum absolute atomic E-state index is 0. The fourth-order valence-electron chi connectivity index (χ4n) is 1.56. The van der Waals surface area contributed by atoms with E-state index < -0.39 is 33.1 Å². The monoisotopic (exact) mass is 310 g/mol. The van der Waals surface area contributed by atoms with Crippen LogP contribution in [-0.4, -0.2) is 34.3 Å². The molecule has 18 heavy (non-hydrogen) atoms. The van der Waals surface area contributed by atoms with Crippen LogP contribution in [0.2, 0.25) is 19.1 Å². The predicted octanol–water partition coefficient (Wildman–Crippen LogP) is -1.77. The van der Waals surface area contributed by atoms with Crippen molar-refractivity contribution in [2.45, 2.75) is 50.4 Å². The first-order valence-corrected chi connectivity index (χ1v) is 11.4. The second kappa shape index (κ2) is 7.43. The van der Waals surface area contributed by atoms with Crippen molar-refractivity contribution < 1.29 is 44.1 Å². The van der Waals surface area contributed by atoms with E-state index in [9.17, 15) is 21.4 Å². The van der Waals surface area contributed by atoms with Gasteiger partial charge in [-0.25, -0.2) is 8.42 Å². The minimum Gasteiger partial charge on any atom is -0.747 e. The van der Waals surface area contributed by atoms with Crippen molar-refractivity contribution >= 4 is 28.6 Å². The average Bonchev–Trinajstić information content (AvgIpc) is 1.97. The van der Waals surface area contributed by atoms with E-state index in [0.717, 1.165) is 6.42 Å². The van der Waals surface area contributed by atoms with Gasteiger partial charge in [0.1, 0.15) is 10.1 Å². The fourth-order valence-corrected chi connectivity index (χ4v) is 8.37. The quantitative estimate of drug-likeness (QED) is 0.408. The molecule has 0 fully saturated rings. The van der Waals surface area contributed by atoms with E-state index in [4.69, 9.17) is 3.87 Å². The molecule has 0 radical (unpaired) electrons. The minimum atomic E-state index is -4.90. The maximum Gasteiger partial charge on any atom is 1.00 e. The molecule has 0 bridgehead atoms. The fraction of sp³-hybridized carbons (Fsp3) is 1.00. The van der Waals surface area contributed by atoms with Gasteiger partial charge in [-0.3, -0.25) is 0 Å². The topological polar surface area (TPSA) is 101 Å². The standard InChI is InChI=1S/C8H20O6S2Si.Li/c1-5-7-17(3,4)14-16(12,13)8(6-2)15(9,10)11;/h8H,5-7H2,1-4H3,(H,9,10,11);/q;+1/p-1. The SMILES string of the molecule is CCC[Si](C)(C)OS(=O)(=O)C(CC)S(=O)(=O)[O-].[Li+]. The summed E-state index contributed by atoms with van der Waals surface area (Å²) in [4.78, 5) is 0. The summed E-state index contributed by atoms with van der Waals surface area (Å²) in [6.45, 7) is 6.57. The molecular weight excluding hydrogens is 291 g/mol. The Morgan fingerprint density at radius 2 is 1.61 bits per heavy atom. The molecule has 0 saturated heterocycles. The summed E-state index contributed by atoms with van der Waals surface area (Å²) in [6, 6.07) is 0.585. The maximum atomic E-state index is 11.7. The van der Waals surface area contributed by atoms with Crippen molar-refractivity contribution in [3.05, 3.63) is 0 Å². The Hall–Kier alpha value is 0.634. The molecular formula is C8H19LiO6S2Si. The van der Waals surface area contributed by atoms with E-state index in [2.05, 4.69) is 0 Å². The molecule has 0 aliphatic heterocycles. The third-order valence-electron chi connectivity index (χ3n) is 2.17. The third kappa shape index (κ3) is 6.70. The van der Waals surface area contributed by atoms with Crippen LogP contribution in [0.4, 0.5) is 0 Å². The van der Waals surface area contributed by atoms with Gasteiger partial charge in [-0.2, -0.15) is 8.42 Å². The van der Waals surface area contributed by atoms with E-state index in [1.807, 2.05) is 6.92 Å². The van der Waals surface area contributed by atoms with Crippen molar-refractivity contribution in [3.8, 4) is 0 Å². The summed E-state index contributed by atoms with van der Waals surface area (Å²) >= 11 is 0. The molecule has 0 rings (SSSR count). The van der Waals surface area contributed by atoms with Gasteiger partial charge in [0.25, 0.3) is 10.1 Å². The van der Waals surface area contributed by atoms with Gasteiger partial charge in [0.2, 0.25) is 8.32 Å². The van der Waals surface area contributed by atoms with E-state index in [-0.39, 0.29) is 25.3 Å². The van der Waals surface area contributed by atoms with Crippen LogP contribution in [0.3, 0.4) is 0 Å². The normalized spacial score (nSPS) is 14.9. The molecule has 1 unspecified atom stereocenters. The van der Waals surface area contributed by atoms with Crippen molar-refractivity contribution in [2.75, 3.05) is 0 Å². The van der Waals surface area contributed by atoms with E-state index in [1.165, 1.54) is 6.92 Å². The van der Waals surface area contributed by atoms with Crippen LogP contribution in [0.15, 0.2) is 0 Å². The van der Waals surface area contributed by atoms with Crippen molar-refractivity contribution in [3.63, 3.8) is 0 Å². The molecule has 0 heterocycles. The molecule has 0 saturated carbocycles. The first-order valence-electron chi connectivity index (χ1n) is 5.35. The van der Waals surface area contributed by atoms with Crippen LogP contribution in [0.1, 0.15) is 26.7 Å². The number of hydrogen-bond acceptors (Lipinski definition) is 6. The van der Waals surface area contributed by atoms with Crippen molar-refractivity contribution in [2.24, 2.45) is 0 Å². The molecule has 0 aliphatic carbocycles. The van der Waals surface area contributed by atoms with Crippen LogP contribution >= 0.6 is 0 Å². The summed E-state index contributed by atoms with van der Waals surface area (Å²) in [5.74, 6) is 0. The molecule has 0 aromatic rings. The Morgan fingerprint density at radius 3 is 1.89 bits per heavy atom. The molecule has 10 heteroatoms. The van der Waals surface area contributed by atoms with Gasteiger partial charge in [0, 0.05) is 0 Å². The van der Waals surface area contributed by atoms with Crippen LogP contribution in [-0.2, 0) is 24.1 Å². The zero-order chi connectivity index (χ0) is 13.9. The Morgan fingerprint density at radius 1 is 1.17 bits per heavy atom. The van der Waals surface area contributed by atoms with Gasteiger partial charge < -0.3 is 8.42 Å². The summed E-state index contributed by atoms with van der Waals surface area (Å²) in [7, 11) is -11.7. The van der Waals surface area contributed by atoms with E-state index >= 15 is 0 Å². The first kappa shape index (κ1) is 20.9. The van der Waals surface area contributed by atoms with Gasteiger partial charge in [-0.15, -0.1) is 0 Å². The molecule has 104 valence electrons. The third-order valence-corrected chi connectivity index (χ3v) is 9.98. The summed E-state index contributed by atoms with van der Waals surface area (Å²) in [5, 5.41) is 0. The summed E-state index contributed by atoms with van der Waals surface area (Å²) < 4.78 is 59.0. The predicted molar refractivity (Wildman–Crippen MR) is 66.4 cm³/mol. The number of rotatable bonds is 7. The maximum absolute atomic E-state index is 11.7. The second-order valence-corrected chi connectivity index (χ2v) is 12.5. The molecule has 0 aliphatic rings. The Bertz CT molecular complexity index is 444. The van der Waals surface area contributed by atoms with Gasteiger partial charge >= 0.3 is 18.9 Å². The number of hydrogen-bond donors (Lipinski definition) is 0. The molecule has 0 N–H and O–H groups in total. The van der Waals surface area contributed by atoms with Crippen molar-refractivity contribution in [1.29, 1.82) is 0 Å². The zero-order valence-corrected chi connectivity index (χ0v) is 14.1. The summed E-state index contributed by atoms with van der Waals surface area (Å²) in [5.41, 5.74) is 0. The van der Waals surface area contributed by atoms with Gasteiger partial charge in [-0.1, -0.05) is 20.3 Å². The van der Waals surface area contributed by atoms with E-state index in [1.54, 1.807) is 13.1 Å². The molecule has 6 nitrogen and oxygen atoms in total. The molecule has 0 aromatic carbocycles. The average molecular weight is 310 g/mol. The van der Waals surface area contributed by atoms with Gasteiger partial charge in [0.15, 0.2) is 4.58 Å². The van der Waals surface area contributed by atoms with Crippen LogP contribution < -0.4 is 18.9 Å².